The van der Waals surface area contributed by atoms with Gasteiger partial charge in [-0.1, -0.05) is 42.5 Å². The monoisotopic (exact) mass is 378 g/mol. The van der Waals surface area contributed by atoms with Crippen LogP contribution in [0.15, 0.2) is 54.6 Å². The zero-order valence-electron chi connectivity index (χ0n) is 16.6. The standard InChI is InChI=1S/C24H30N2O2/c1-18-7-5-11-22(17-18)26-24(28)21-14-12-20(13-15-21)23(27)25-16-6-10-19-8-3-2-4-9-19/h2-5,7-9,11,17,20-21H,6,10,12-16H2,1H3,(H,25,27)(H,26,28). The van der Waals surface area contributed by atoms with Gasteiger partial charge in [0.2, 0.25) is 11.8 Å². The fourth-order valence-corrected chi connectivity index (χ4v) is 3.88. The molecule has 0 radical (unpaired) electrons. The van der Waals surface area contributed by atoms with E-state index in [1.165, 1.54) is 5.56 Å². The molecule has 3 rings (SSSR count). The number of rotatable bonds is 7. The minimum atomic E-state index is 0.00245. The van der Waals surface area contributed by atoms with Crippen LogP contribution in [0.5, 0.6) is 0 Å². The van der Waals surface area contributed by atoms with Gasteiger partial charge in [-0.25, -0.2) is 0 Å². The second-order valence-corrected chi connectivity index (χ2v) is 7.79. The van der Waals surface area contributed by atoms with Crippen molar-refractivity contribution in [2.45, 2.75) is 45.4 Å². The van der Waals surface area contributed by atoms with Crippen LogP contribution in [0.1, 0.15) is 43.2 Å². The largest absolute Gasteiger partial charge is 0.356 e. The average Bonchev–Trinajstić information content (AvgIpc) is 2.72. The number of hydrogen-bond donors (Lipinski definition) is 2. The Balaban J connectivity index is 1.36. The number of carbonyl (C=O) groups excluding carboxylic acids is 2. The van der Waals surface area contributed by atoms with E-state index in [9.17, 15) is 9.59 Å². The highest BCUT2D eigenvalue weighted by molar-refractivity contribution is 5.92. The van der Waals surface area contributed by atoms with E-state index in [0.717, 1.165) is 49.8 Å². The predicted octanol–water partition coefficient (Wildman–Crippen LogP) is 4.49. The van der Waals surface area contributed by atoms with Gasteiger partial charge in [0.1, 0.15) is 0 Å². The number of benzene rings is 2. The van der Waals surface area contributed by atoms with Crippen molar-refractivity contribution in [1.29, 1.82) is 0 Å². The molecule has 0 saturated heterocycles. The van der Waals surface area contributed by atoms with Crippen molar-refractivity contribution in [2.75, 3.05) is 11.9 Å². The van der Waals surface area contributed by atoms with Crippen LogP contribution in [0, 0.1) is 18.8 Å². The third kappa shape index (κ3) is 5.95. The zero-order chi connectivity index (χ0) is 19.8. The number of amides is 2. The Morgan fingerprint density at radius 1 is 0.893 bits per heavy atom. The molecule has 1 aliphatic rings. The van der Waals surface area contributed by atoms with Crippen molar-refractivity contribution in [1.82, 2.24) is 5.32 Å². The van der Waals surface area contributed by atoms with Crippen LogP contribution in [0.4, 0.5) is 5.69 Å². The third-order valence-electron chi connectivity index (χ3n) is 5.54. The molecular formula is C24H30N2O2. The topological polar surface area (TPSA) is 58.2 Å². The number of nitrogens with one attached hydrogen (secondary N) is 2. The van der Waals surface area contributed by atoms with Gasteiger partial charge in [-0.15, -0.1) is 0 Å². The second kappa shape index (κ2) is 10.1. The van der Waals surface area contributed by atoms with E-state index in [4.69, 9.17) is 0 Å². The van der Waals surface area contributed by atoms with Crippen LogP contribution in [0.2, 0.25) is 0 Å². The maximum absolute atomic E-state index is 12.5. The average molecular weight is 379 g/mol. The lowest BCUT2D eigenvalue weighted by molar-refractivity contribution is -0.128. The maximum atomic E-state index is 12.5. The fourth-order valence-electron chi connectivity index (χ4n) is 3.88. The summed E-state index contributed by atoms with van der Waals surface area (Å²) in [7, 11) is 0. The van der Waals surface area contributed by atoms with Crippen LogP contribution in [0.3, 0.4) is 0 Å². The highest BCUT2D eigenvalue weighted by atomic mass is 16.2. The first kappa shape index (κ1) is 20.1. The van der Waals surface area contributed by atoms with E-state index >= 15 is 0 Å². The number of hydrogen-bond acceptors (Lipinski definition) is 2. The molecule has 0 unspecified atom stereocenters. The van der Waals surface area contributed by atoms with Crippen molar-refractivity contribution >= 4 is 17.5 Å². The molecule has 0 spiro atoms. The van der Waals surface area contributed by atoms with Gasteiger partial charge in [-0.2, -0.15) is 0 Å². The smallest absolute Gasteiger partial charge is 0.227 e. The SMILES string of the molecule is Cc1cccc(NC(=O)C2CCC(C(=O)NCCCc3ccccc3)CC2)c1. The summed E-state index contributed by atoms with van der Waals surface area (Å²) in [5, 5.41) is 6.09. The lowest BCUT2D eigenvalue weighted by Gasteiger charge is -2.27. The fraction of sp³-hybridized carbons (Fsp3) is 0.417. The Hall–Kier alpha value is -2.62. The molecular weight excluding hydrogens is 348 g/mol. The predicted molar refractivity (Wildman–Crippen MR) is 113 cm³/mol. The van der Waals surface area contributed by atoms with Crippen molar-refractivity contribution in [3.63, 3.8) is 0 Å². The van der Waals surface area contributed by atoms with E-state index in [1.54, 1.807) is 0 Å². The zero-order valence-corrected chi connectivity index (χ0v) is 16.6. The molecule has 0 bridgehead atoms. The lowest BCUT2D eigenvalue weighted by atomic mass is 9.81. The minimum Gasteiger partial charge on any atom is -0.356 e. The Morgan fingerprint density at radius 2 is 1.57 bits per heavy atom. The molecule has 0 aromatic heterocycles. The van der Waals surface area contributed by atoms with E-state index in [2.05, 4.69) is 22.8 Å². The first-order valence-corrected chi connectivity index (χ1v) is 10.3. The number of anilines is 1. The van der Waals surface area contributed by atoms with Crippen molar-refractivity contribution in [3.8, 4) is 0 Å². The Kier molecular flexibility index (Phi) is 7.24. The number of aryl methyl sites for hydroxylation is 2. The first-order chi connectivity index (χ1) is 13.6. The van der Waals surface area contributed by atoms with Gasteiger partial charge >= 0.3 is 0 Å². The van der Waals surface area contributed by atoms with Gasteiger partial charge < -0.3 is 10.6 Å². The van der Waals surface area contributed by atoms with Gasteiger partial charge in [0.25, 0.3) is 0 Å². The molecule has 0 heterocycles. The van der Waals surface area contributed by atoms with Crippen LogP contribution in [-0.4, -0.2) is 18.4 Å². The summed E-state index contributed by atoms with van der Waals surface area (Å²) in [6.45, 7) is 2.72. The molecule has 1 fully saturated rings. The van der Waals surface area contributed by atoms with Gasteiger partial charge in [-0.05, 0) is 68.7 Å². The van der Waals surface area contributed by atoms with Gasteiger partial charge in [0.05, 0.1) is 0 Å². The Bertz CT molecular complexity index is 780. The highest BCUT2D eigenvalue weighted by Gasteiger charge is 2.29. The molecule has 0 atom stereocenters. The summed E-state index contributed by atoms with van der Waals surface area (Å²) in [4.78, 5) is 24.9. The maximum Gasteiger partial charge on any atom is 0.227 e. The second-order valence-electron chi connectivity index (χ2n) is 7.79. The van der Waals surface area contributed by atoms with Crippen LogP contribution < -0.4 is 10.6 Å². The third-order valence-corrected chi connectivity index (χ3v) is 5.54. The molecule has 1 saturated carbocycles. The summed E-state index contributed by atoms with van der Waals surface area (Å²) >= 11 is 0. The molecule has 2 N–H and O–H groups in total. The first-order valence-electron chi connectivity index (χ1n) is 10.3. The summed E-state index contributed by atoms with van der Waals surface area (Å²) in [5.74, 6) is 0.264. The van der Waals surface area contributed by atoms with E-state index in [0.29, 0.717) is 6.54 Å². The summed E-state index contributed by atoms with van der Waals surface area (Å²) in [6.07, 6.45) is 5.06. The van der Waals surface area contributed by atoms with Crippen LogP contribution >= 0.6 is 0 Å². The van der Waals surface area contributed by atoms with Gasteiger partial charge in [-0.3, -0.25) is 9.59 Å². The minimum absolute atomic E-state index is 0.00245. The normalized spacial score (nSPS) is 19.0. The summed E-state index contributed by atoms with van der Waals surface area (Å²) in [6, 6.07) is 18.2. The van der Waals surface area contributed by atoms with Crippen LogP contribution in [0.25, 0.3) is 0 Å². The Labute approximate surface area is 167 Å². The molecule has 148 valence electrons. The summed E-state index contributed by atoms with van der Waals surface area (Å²) in [5.41, 5.74) is 3.28. The quantitative estimate of drug-likeness (QED) is 0.698. The summed E-state index contributed by atoms with van der Waals surface area (Å²) < 4.78 is 0. The Morgan fingerprint density at radius 3 is 2.25 bits per heavy atom. The van der Waals surface area contributed by atoms with E-state index in [1.807, 2.05) is 49.4 Å². The van der Waals surface area contributed by atoms with E-state index < -0.39 is 0 Å². The van der Waals surface area contributed by atoms with Gasteiger partial charge in [0, 0.05) is 24.1 Å². The molecule has 1 aliphatic carbocycles. The molecule has 4 nitrogen and oxygen atoms in total. The molecule has 0 aliphatic heterocycles. The van der Waals surface area contributed by atoms with Crippen molar-refractivity contribution in [2.24, 2.45) is 11.8 Å². The van der Waals surface area contributed by atoms with Crippen molar-refractivity contribution < 1.29 is 9.59 Å². The molecule has 4 heteroatoms. The molecule has 2 amide bonds. The van der Waals surface area contributed by atoms with Crippen molar-refractivity contribution in [3.05, 3.63) is 65.7 Å². The highest BCUT2D eigenvalue weighted by Crippen LogP contribution is 2.30. The molecule has 2 aromatic carbocycles. The lowest BCUT2D eigenvalue weighted by Crippen LogP contribution is -2.36. The van der Waals surface area contributed by atoms with Crippen LogP contribution in [-0.2, 0) is 16.0 Å². The molecule has 28 heavy (non-hydrogen) atoms. The van der Waals surface area contributed by atoms with E-state index in [-0.39, 0.29) is 23.7 Å². The molecule has 2 aromatic rings. The van der Waals surface area contributed by atoms with Gasteiger partial charge in [0.15, 0.2) is 0 Å². The number of carbonyl (C=O) groups is 2.